The Morgan fingerprint density at radius 1 is 1.32 bits per heavy atom. The van der Waals surface area contributed by atoms with Crippen molar-refractivity contribution in [3.8, 4) is 0 Å². The van der Waals surface area contributed by atoms with Crippen LogP contribution >= 0.6 is 0 Å². The predicted octanol–water partition coefficient (Wildman–Crippen LogP) is 2.90. The summed E-state index contributed by atoms with van der Waals surface area (Å²) < 4.78 is 7.55. The molecule has 1 heterocycles. The second-order valence-corrected chi connectivity index (χ2v) is 6.07. The molecule has 0 radical (unpaired) electrons. The number of aromatic nitrogens is 2. The summed E-state index contributed by atoms with van der Waals surface area (Å²) in [5.74, 6) is 0. The smallest absolute Gasteiger partial charge is 0.0662 e. The van der Waals surface area contributed by atoms with Crippen LogP contribution in [0.4, 0.5) is 0 Å². The molecule has 0 aromatic carbocycles. The zero-order chi connectivity index (χ0) is 14.3. The average molecular weight is 267 g/mol. The number of unbranched alkanes of at least 4 members (excludes halogenated alkanes) is 1. The molecule has 0 unspecified atom stereocenters. The van der Waals surface area contributed by atoms with Crippen molar-refractivity contribution in [2.24, 2.45) is 0 Å². The highest BCUT2D eigenvalue weighted by Gasteiger charge is 2.11. The van der Waals surface area contributed by atoms with E-state index in [2.05, 4.69) is 51.2 Å². The van der Waals surface area contributed by atoms with Crippen molar-refractivity contribution >= 4 is 0 Å². The molecule has 110 valence electrons. The summed E-state index contributed by atoms with van der Waals surface area (Å²) in [7, 11) is 0. The quantitative estimate of drug-likeness (QED) is 0.736. The number of hydrogen-bond donors (Lipinski definition) is 1. The molecular weight excluding hydrogens is 238 g/mol. The molecular formula is C15H29N3O. The molecule has 4 nitrogen and oxygen atoms in total. The molecule has 1 rings (SSSR count). The van der Waals surface area contributed by atoms with E-state index in [0.29, 0.717) is 0 Å². The van der Waals surface area contributed by atoms with Gasteiger partial charge in [-0.15, -0.1) is 0 Å². The minimum atomic E-state index is 0.137. The third-order valence-electron chi connectivity index (χ3n) is 2.96. The number of hydrogen-bond acceptors (Lipinski definition) is 3. The molecule has 1 N–H and O–H groups in total. The van der Waals surface area contributed by atoms with E-state index in [-0.39, 0.29) is 5.54 Å². The van der Waals surface area contributed by atoms with E-state index >= 15 is 0 Å². The van der Waals surface area contributed by atoms with Gasteiger partial charge in [0.1, 0.15) is 0 Å². The second-order valence-electron chi connectivity index (χ2n) is 6.07. The summed E-state index contributed by atoms with van der Waals surface area (Å²) in [6.45, 7) is 14.1. The monoisotopic (exact) mass is 267 g/mol. The van der Waals surface area contributed by atoms with Gasteiger partial charge in [0.15, 0.2) is 0 Å². The van der Waals surface area contributed by atoms with Crippen molar-refractivity contribution in [3.05, 3.63) is 17.5 Å². The Kier molecular flexibility index (Phi) is 6.52. The molecule has 0 aliphatic heterocycles. The molecule has 0 atom stereocenters. The van der Waals surface area contributed by atoms with Crippen LogP contribution in [-0.2, 0) is 17.8 Å². The number of aryl methyl sites for hydroxylation is 1. The van der Waals surface area contributed by atoms with Crippen LogP contribution in [0.5, 0.6) is 0 Å². The zero-order valence-corrected chi connectivity index (χ0v) is 13.1. The van der Waals surface area contributed by atoms with Gasteiger partial charge >= 0.3 is 0 Å². The predicted molar refractivity (Wildman–Crippen MR) is 79.3 cm³/mol. The van der Waals surface area contributed by atoms with Gasteiger partial charge in [-0.05, 0) is 34.1 Å². The number of rotatable bonds is 8. The molecule has 19 heavy (non-hydrogen) atoms. The maximum atomic E-state index is 5.56. The van der Waals surface area contributed by atoms with Crippen molar-refractivity contribution < 1.29 is 4.74 Å². The molecule has 4 heteroatoms. The Morgan fingerprint density at radius 2 is 2.05 bits per heavy atom. The lowest BCUT2D eigenvalue weighted by Gasteiger charge is -2.20. The van der Waals surface area contributed by atoms with Crippen LogP contribution in [0.15, 0.2) is 6.20 Å². The van der Waals surface area contributed by atoms with Crippen LogP contribution in [0.2, 0.25) is 0 Å². The number of nitrogens with zero attached hydrogens (tertiary/aromatic N) is 2. The number of ether oxygens (including phenoxy) is 1. The van der Waals surface area contributed by atoms with Crippen molar-refractivity contribution in [1.29, 1.82) is 0 Å². The lowest BCUT2D eigenvalue weighted by Crippen LogP contribution is -2.35. The standard InChI is InChI=1S/C15H29N3O/c1-6-7-9-19-10-8-18-12-14(13(2)17-18)11-16-15(3,4)5/h12,16H,6-11H2,1-5H3. The Bertz CT molecular complexity index is 366. The molecule has 0 spiro atoms. The van der Waals surface area contributed by atoms with Gasteiger partial charge in [0.2, 0.25) is 0 Å². The molecule has 0 fully saturated rings. The second kappa shape index (κ2) is 7.65. The van der Waals surface area contributed by atoms with Gasteiger partial charge in [-0.3, -0.25) is 4.68 Å². The minimum absolute atomic E-state index is 0.137. The van der Waals surface area contributed by atoms with Crippen LogP contribution in [0.25, 0.3) is 0 Å². The first-order valence-corrected chi connectivity index (χ1v) is 7.28. The van der Waals surface area contributed by atoms with Crippen LogP contribution in [-0.4, -0.2) is 28.5 Å². The lowest BCUT2D eigenvalue weighted by atomic mass is 10.1. The highest BCUT2D eigenvalue weighted by molar-refractivity contribution is 5.15. The highest BCUT2D eigenvalue weighted by Crippen LogP contribution is 2.08. The first kappa shape index (κ1) is 16.2. The summed E-state index contributed by atoms with van der Waals surface area (Å²) >= 11 is 0. The highest BCUT2D eigenvalue weighted by atomic mass is 16.5. The molecule has 0 amide bonds. The van der Waals surface area contributed by atoms with Crippen LogP contribution in [0, 0.1) is 6.92 Å². The van der Waals surface area contributed by atoms with Crippen molar-refractivity contribution in [2.45, 2.75) is 66.1 Å². The van der Waals surface area contributed by atoms with E-state index in [1.807, 2.05) is 4.68 Å². The zero-order valence-electron chi connectivity index (χ0n) is 13.1. The SMILES string of the molecule is CCCCOCCn1cc(CNC(C)(C)C)c(C)n1. The summed E-state index contributed by atoms with van der Waals surface area (Å²) in [6.07, 6.45) is 4.44. The molecule has 1 aromatic rings. The van der Waals surface area contributed by atoms with Gasteiger partial charge < -0.3 is 10.1 Å². The molecule has 0 saturated heterocycles. The lowest BCUT2D eigenvalue weighted by molar-refractivity contribution is 0.121. The summed E-state index contributed by atoms with van der Waals surface area (Å²) in [5, 5.41) is 8.02. The van der Waals surface area contributed by atoms with E-state index in [0.717, 1.165) is 38.4 Å². The Morgan fingerprint density at radius 3 is 2.68 bits per heavy atom. The maximum Gasteiger partial charge on any atom is 0.0662 e. The van der Waals surface area contributed by atoms with Gasteiger partial charge in [0.05, 0.1) is 18.8 Å². The van der Waals surface area contributed by atoms with E-state index in [9.17, 15) is 0 Å². The fraction of sp³-hybridized carbons (Fsp3) is 0.800. The molecule has 0 aliphatic rings. The van der Waals surface area contributed by atoms with Crippen LogP contribution < -0.4 is 5.32 Å². The van der Waals surface area contributed by atoms with Crippen LogP contribution in [0.3, 0.4) is 0 Å². The van der Waals surface area contributed by atoms with E-state index in [1.165, 1.54) is 12.0 Å². The third-order valence-corrected chi connectivity index (χ3v) is 2.96. The van der Waals surface area contributed by atoms with E-state index in [1.54, 1.807) is 0 Å². The van der Waals surface area contributed by atoms with Crippen molar-refractivity contribution in [3.63, 3.8) is 0 Å². The Hall–Kier alpha value is -0.870. The minimum Gasteiger partial charge on any atom is -0.380 e. The molecule has 1 aromatic heterocycles. The van der Waals surface area contributed by atoms with E-state index < -0.39 is 0 Å². The van der Waals surface area contributed by atoms with Gasteiger partial charge in [-0.25, -0.2) is 0 Å². The van der Waals surface area contributed by atoms with Crippen molar-refractivity contribution in [1.82, 2.24) is 15.1 Å². The molecule has 0 saturated carbocycles. The largest absolute Gasteiger partial charge is 0.380 e. The Labute approximate surface area is 117 Å². The fourth-order valence-corrected chi connectivity index (χ4v) is 1.71. The first-order chi connectivity index (χ1) is 8.92. The van der Waals surface area contributed by atoms with Crippen molar-refractivity contribution in [2.75, 3.05) is 13.2 Å². The summed E-state index contributed by atoms with van der Waals surface area (Å²) in [6, 6.07) is 0. The Balaban J connectivity index is 2.36. The molecule has 0 bridgehead atoms. The third kappa shape index (κ3) is 6.73. The first-order valence-electron chi connectivity index (χ1n) is 7.28. The topological polar surface area (TPSA) is 39.1 Å². The number of nitrogens with one attached hydrogen (secondary N) is 1. The summed E-state index contributed by atoms with van der Waals surface area (Å²) in [5.41, 5.74) is 2.51. The van der Waals surface area contributed by atoms with Gasteiger partial charge in [0, 0.05) is 30.5 Å². The molecule has 0 aliphatic carbocycles. The van der Waals surface area contributed by atoms with E-state index in [4.69, 9.17) is 4.74 Å². The van der Waals surface area contributed by atoms with Gasteiger partial charge in [-0.1, -0.05) is 13.3 Å². The summed E-state index contributed by atoms with van der Waals surface area (Å²) in [4.78, 5) is 0. The maximum absolute atomic E-state index is 5.56. The van der Waals surface area contributed by atoms with Gasteiger partial charge in [-0.2, -0.15) is 5.10 Å². The van der Waals surface area contributed by atoms with Gasteiger partial charge in [0.25, 0.3) is 0 Å². The average Bonchev–Trinajstić information content (AvgIpc) is 2.66. The fourth-order valence-electron chi connectivity index (χ4n) is 1.71. The normalized spacial score (nSPS) is 12.1. The van der Waals surface area contributed by atoms with Crippen LogP contribution in [0.1, 0.15) is 51.8 Å².